The standard InChI is InChI=1S/C11H12ClN3O3/c1-6-7(11(17)18)2-3-15(6)10(16)8-4-14-9(12)5-13-8/h4-7H,2-3H2,1H3,(H,17,18). The van der Waals surface area contributed by atoms with E-state index < -0.39 is 11.9 Å². The minimum Gasteiger partial charge on any atom is -0.481 e. The molecule has 0 saturated carbocycles. The average molecular weight is 270 g/mol. The van der Waals surface area contributed by atoms with E-state index in [2.05, 4.69) is 9.97 Å². The van der Waals surface area contributed by atoms with Crippen LogP contribution in [0, 0.1) is 5.92 Å². The zero-order valence-electron chi connectivity index (χ0n) is 9.71. The van der Waals surface area contributed by atoms with E-state index in [-0.39, 0.29) is 22.8 Å². The van der Waals surface area contributed by atoms with Crippen molar-refractivity contribution in [3.63, 3.8) is 0 Å². The molecular formula is C11H12ClN3O3. The van der Waals surface area contributed by atoms with Crippen molar-refractivity contribution in [2.75, 3.05) is 6.54 Å². The summed E-state index contributed by atoms with van der Waals surface area (Å²) in [6.45, 7) is 2.15. The van der Waals surface area contributed by atoms with Crippen molar-refractivity contribution in [1.29, 1.82) is 0 Å². The molecule has 1 aliphatic rings. The molecule has 2 atom stereocenters. The molecule has 0 bridgehead atoms. The number of amides is 1. The van der Waals surface area contributed by atoms with Crippen molar-refractivity contribution in [2.45, 2.75) is 19.4 Å². The Morgan fingerprint density at radius 2 is 2.17 bits per heavy atom. The van der Waals surface area contributed by atoms with Crippen molar-refractivity contribution < 1.29 is 14.7 Å². The largest absolute Gasteiger partial charge is 0.481 e. The number of halogens is 1. The summed E-state index contributed by atoms with van der Waals surface area (Å²) in [7, 11) is 0. The molecule has 0 aliphatic carbocycles. The molecule has 1 aromatic rings. The Labute approximate surface area is 109 Å². The van der Waals surface area contributed by atoms with Crippen molar-refractivity contribution in [2.24, 2.45) is 5.92 Å². The van der Waals surface area contributed by atoms with Gasteiger partial charge in [-0.3, -0.25) is 9.59 Å². The fraction of sp³-hybridized carbons (Fsp3) is 0.455. The summed E-state index contributed by atoms with van der Waals surface area (Å²) in [6, 6.07) is -0.340. The van der Waals surface area contributed by atoms with Crippen molar-refractivity contribution in [3.05, 3.63) is 23.2 Å². The van der Waals surface area contributed by atoms with E-state index in [0.717, 1.165) is 0 Å². The first-order valence-corrected chi connectivity index (χ1v) is 5.90. The molecule has 0 radical (unpaired) electrons. The number of carbonyl (C=O) groups is 2. The minimum absolute atomic E-state index is 0.178. The highest BCUT2D eigenvalue weighted by atomic mass is 35.5. The van der Waals surface area contributed by atoms with E-state index in [1.54, 1.807) is 6.92 Å². The third-order valence-electron chi connectivity index (χ3n) is 3.17. The molecule has 2 heterocycles. The van der Waals surface area contributed by atoms with Crippen LogP contribution < -0.4 is 0 Å². The van der Waals surface area contributed by atoms with Gasteiger partial charge in [0.25, 0.3) is 5.91 Å². The van der Waals surface area contributed by atoms with E-state index in [0.29, 0.717) is 13.0 Å². The van der Waals surface area contributed by atoms with Gasteiger partial charge in [-0.2, -0.15) is 0 Å². The first kappa shape index (κ1) is 12.8. The van der Waals surface area contributed by atoms with E-state index in [4.69, 9.17) is 16.7 Å². The number of nitrogens with zero attached hydrogens (tertiary/aromatic N) is 3. The smallest absolute Gasteiger partial charge is 0.308 e. The Morgan fingerprint density at radius 1 is 1.44 bits per heavy atom. The van der Waals surface area contributed by atoms with E-state index in [1.807, 2.05) is 0 Å². The normalized spacial score (nSPS) is 23.1. The number of likely N-dealkylation sites (tertiary alicyclic amines) is 1. The van der Waals surface area contributed by atoms with E-state index >= 15 is 0 Å². The summed E-state index contributed by atoms with van der Waals surface area (Å²) in [5, 5.41) is 9.22. The molecule has 1 aliphatic heterocycles. The van der Waals surface area contributed by atoms with Crippen LogP contribution in [0.5, 0.6) is 0 Å². The molecule has 1 fully saturated rings. The average Bonchev–Trinajstić information content (AvgIpc) is 2.71. The predicted molar refractivity (Wildman–Crippen MR) is 63.3 cm³/mol. The van der Waals surface area contributed by atoms with Crippen molar-refractivity contribution in [3.8, 4) is 0 Å². The van der Waals surface area contributed by atoms with Crippen LogP contribution in [-0.4, -0.2) is 44.4 Å². The second kappa shape index (κ2) is 4.89. The lowest BCUT2D eigenvalue weighted by molar-refractivity contribution is -0.142. The number of rotatable bonds is 2. The van der Waals surface area contributed by atoms with Gasteiger partial charge in [-0.05, 0) is 13.3 Å². The van der Waals surface area contributed by atoms with Crippen LogP contribution in [-0.2, 0) is 4.79 Å². The molecule has 0 spiro atoms. The van der Waals surface area contributed by atoms with Crippen molar-refractivity contribution in [1.82, 2.24) is 14.9 Å². The number of hydrogen-bond donors (Lipinski definition) is 1. The van der Waals surface area contributed by atoms with E-state index in [9.17, 15) is 9.59 Å². The van der Waals surface area contributed by atoms with Crippen LogP contribution in [0.1, 0.15) is 23.8 Å². The highest BCUT2D eigenvalue weighted by Gasteiger charge is 2.38. The summed E-state index contributed by atoms with van der Waals surface area (Å²) in [5.41, 5.74) is 0.178. The fourth-order valence-electron chi connectivity index (χ4n) is 2.13. The van der Waals surface area contributed by atoms with Gasteiger partial charge in [0.15, 0.2) is 0 Å². The number of carboxylic acid groups (broad SMARTS) is 1. The quantitative estimate of drug-likeness (QED) is 0.868. The number of aliphatic carboxylic acids is 1. The zero-order valence-corrected chi connectivity index (χ0v) is 10.5. The second-order valence-corrected chi connectivity index (χ2v) is 4.58. The Balaban J connectivity index is 2.15. The van der Waals surface area contributed by atoms with Crippen molar-refractivity contribution >= 4 is 23.5 Å². The molecule has 18 heavy (non-hydrogen) atoms. The molecule has 1 aromatic heterocycles. The Kier molecular flexibility index (Phi) is 3.47. The predicted octanol–water partition coefficient (Wildman–Crippen LogP) is 1.07. The highest BCUT2D eigenvalue weighted by Crippen LogP contribution is 2.25. The third kappa shape index (κ3) is 2.28. The molecule has 7 heteroatoms. The SMILES string of the molecule is CC1C(C(=O)O)CCN1C(=O)c1cnc(Cl)cn1. The molecule has 1 saturated heterocycles. The first-order valence-electron chi connectivity index (χ1n) is 5.52. The lowest BCUT2D eigenvalue weighted by atomic mass is 10.0. The number of carboxylic acids is 1. The van der Waals surface area contributed by atoms with Crippen LogP contribution in [0.25, 0.3) is 0 Å². The summed E-state index contributed by atoms with van der Waals surface area (Å²) in [6.07, 6.45) is 3.05. The lowest BCUT2D eigenvalue weighted by Crippen LogP contribution is -2.38. The van der Waals surface area contributed by atoms with Crippen LogP contribution in [0.2, 0.25) is 5.15 Å². The van der Waals surface area contributed by atoms with Crippen LogP contribution >= 0.6 is 11.6 Å². The Hall–Kier alpha value is -1.69. The third-order valence-corrected chi connectivity index (χ3v) is 3.37. The van der Waals surface area contributed by atoms with Gasteiger partial charge >= 0.3 is 5.97 Å². The van der Waals surface area contributed by atoms with Gasteiger partial charge in [0.05, 0.1) is 18.3 Å². The first-order chi connectivity index (χ1) is 8.50. The maximum atomic E-state index is 12.1. The second-order valence-electron chi connectivity index (χ2n) is 4.20. The molecule has 2 rings (SSSR count). The molecule has 96 valence electrons. The topological polar surface area (TPSA) is 83.4 Å². The summed E-state index contributed by atoms with van der Waals surface area (Å²) in [4.78, 5) is 32.3. The number of aromatic nitrogens is 2. The molecule has 1 N–H and O–H groups in total. The Morgan fingerprint density at radius 3 is 2.67 bits per heavy atom. The van der Waals surface area contributed by atoms with Gasteiger partial charge in [0.2, 0.25) is 0 Å². The molecule has 6 nitrogen and oxygen atoms in total. The molecule has 2 unspecified atom stereocenters. The maximum Gasteiger partial charge on any atom is 0.308 e. The van der Waals surface area contributed by atoms with Gasteiger partial charge in [-0.25, -0.2) is 9.97 Å². The van der Waals surface area contributed by atoms with Crippen LogP contribution in [0.4, 0.5) is 0 Å². The van der Waals surface area contributed by atoms with Gasteiger partial charge in [0, 0.05) is 12.6 Å². The van der Waals surface area contributed by atoms with Gasteiger partial charge < -0.3 is 10.0 Å². The fourth-order valence-corrected chi connectivity index (χ4v) is 2.22. The molecule has 1 amide bonds. The van der Waals surface area contributed by atoms with E-state index in [1.165, 1.54) is 17.3 Å². The van der Waals surface area contributed by atoms with Gasteiger partial charge in [0.1, 0.15) is 10.8 Å². The van der Waals surface area contributed by atoms with Gasteiger partial charge in [-0.15, -0.1) is 0 Å². The molecule has 0 aromatic carbocycles. The lowest BCUT2D eigenvalue weighted by Gasteiger charge is -2.22. The molecular weight excluding hydrogens is 258 g/mol. The summed E-state index contributed by atoms with van der Waals surface area (Å²) >= 11 is 5.59. The zero-order chi connectivity index (χ0) is 13.3. The number of hydrogen-bond acceptors (Lipinski definition) is 4. The monoisotopic (exact) mass is 269 g/mol. The summed E-state index contributed by atoms with van der Waals surface area (Å²) < 4.78 is 0. The minimum atomic E-state index is -0.875. The van der Waals surface area contributed by atoms with Crippen LogP contribution in [0.3, 0.4) is 0 Å². The summed E-state index contributed by atoms with van der Waals surface area (Å²) in [5.74, 6) is -1.70. The Bertz CT molecular complexity index is 477. The maximum absolute atomic E-state index is 12.1. The van der Waals surface area contributed by atoms with Gasteiger partial charge in [-0.1, -0.05) is 11.6 Å². The number of carbonyl (C=O) groups excluding carboxylic acids is 1. The highest BCUT2D eigenvalue weighted by molar-refractivity contribution is 6.29. The van der Waals surface area contributed by atoms with Crippen LogP contribution in [0.15, 0.2) is 12.4 Å².